The van der Waals surface area contributed by atoms with Crippen LogP contribution in [0.15, 0.2) is 24.3 Å². The van der Waals surface area contributed by atoms with Gasteiger partial charge < -0.3 is 15.0 Å². The summed E-state index contributed by atoms with van der Waals surface area (Å²) in [4.78, 5) is 30.3. The minimum Gasteiger partial charge on any atom is -0.497 e. The summed E-state index contributed by atoms with van der Waals surface area (Å²) in [5.74, 6) is 1.59. The molecule has 31 heavy (non-hydrogen) atoms. The van der Waals surface area contributed by atoms with Gasteiger partial charge in [0.05, 0.1) is 12.5 Å². The lowest BCUT2D eigenvalue weighted by atomic mass is 9.78. The predicted octanol–water partition coefficient (Wildman–Crippen LogP) is 2.96. The first-order chi connectivity index (χ1) is 15.1. The van der Waals surface area contributed by atoms with E-state index in [9.17, 15) is 9.59 Å². The zero-order valence-corrected chi connectivity index (χ0v) is 18.9. The number of ether oxygens (including phenoxy) is 1. The van der Waals surface area contributed by atoms with Crippen LogP contribution in [0.5, 0.6) is 5.75 Å². The van der Waals surface area contributed by atoms with E-state index in [4.69, 9.17) is 4.74 Å². The molecule has 0 unspecified atom stereocenters. The van der Waals surface area contributed by atoms with Gasteiger partial charge in [-0.1, -0.05) is 37.8 Å². The Morgan fingerprint density at radius 2 is 1.77 bits per heavy atom. The highest BCUT2D eigenvalue weighted by Crippen LogP contribution is 2.42. The lowest BCUT2D eigenvalue weighted by molar-refractivity contribution is -0.137. The molecular formula is C25H37N3O3. The highest BCUT2D eigenvalue weighted by molar-refractivity contribution is 5.88. The number of amides is 2. The Morgan fingerprint density at radius 3 is 2.45 bits per heavy atom. The number of piperazine rings is 1. The molecule has 1 aliphatic heterocycles. The van der Waals surface area contributed by atoms with Crippen LogP contribution < -0.4 is 10.1 Å². The third-order valence-corrected chi connectivity index (χ3v) is 7.62. The van der Waals surface area contributed by atoms with Crippen molar-refractivity contribution in [2.24, 2.45) is 5.92 Å². The van der Waals surface area contributed by atoms with E-state index >= 15 is 0 Å². The quantitative estimate of drug-likeness (QED) is 0.727. The fourth-order valence-electron chi connectivity index (χ4n) is 5.67. The normalized spacial score (nSPS) is 21.9. The largest absolute Gasteiger partial charge is 0.497 e. The van der Waals surface area contributed by atoms with Crippen molar-refractivity contribution < 1.29 is 14.3 Å². The molecule has 3 aliphatic rings. The summed E-state index contributed by atoms with van der Waals surface area (Å²) in [6.07, 6.45) is 8.51. The van der Waals surface area contributed by atoms with E-state index in [0.29, 0.717) is 12.5 Å². The van der Waals surface area contributed by atoms with Gasteiger partial charge in [-0.05, 0) is 43.4 Å². The van der Waals surface area contributed by atoms with E-state index in [0.717, 1.165) is 82.6 Å². The molecule has 1 N–H and O–H groups in total. The average Bonchev–Trinajstić information content (AvgIpc) is 3.52. The SMILES string of the molecule is COc1cccc(C2(C(=O)NCCN3CCN(C(=O)C4CCCC4)CC3)CCCC2)c1. The Balaban J connectivity index is 1.26. The Morgan fingerprint density at radius 1 is 1.06 bits per heavy atom. The fraction of sp³-hybridized carbons (Fsp3) is 0.680. The number of carbonyl (C=O) groups is 2. The van der Waals surface area contributed by atoms with Crippen LogP contribution in [-0.4, -0.2) is 68.0 Å². The number of nitrogens with zero attached hydrogens (tertiary/aromatic N) is 2. The maximum absolute atomic E-state index is 13.3. The van der Waals surface area contributed by atoms with Gasteiger partial charge in [-0.3, -0.25) is 14.5 Å². The van der Waals surface area contributed by atoms with Crippen LogP contribution in [0.3, 0.4) is 0 Å². The summed E-state index contributed by atoms with van der Waals surface area (Å²) in [6.45, 7) is 4.92. The summed E-state index contributed by atoms with van der Waals surface area (Å²) in [7, 11) is 1.67. The number of rotatable bonds is 7. The molecule has 1 heterocycles. The zero-order valence-electron chi connectivity index (χ0n) is 18.9. The van der Waals surface area contributed by atoms with Gasteiger partial charge in [-0.25, -0.2) is 0 Å². The average molecular weight is 428 g/mol. The Bertz CT molecular complexity index is 761. The molecule has 6 heteroatoms. The maximum atomic E-state index is 13.3. The zero-order chi connectivity index (χ0) is 21.7. The van der Waals surface area contributed by atoms with Crippen LogP contribution in [0.4, 0.5) is 0 Å². The second-order valence-electron chi connectivity index (χ2n) is 9.43. The monoisotopic (exact) mass is 427 g/mol. The first kappa shape index (κ1) is 22.1. The first-order valence-electron chi connectivity index (χ1n) is 12.1. The number of carbonyl (C=O) groups excluding carboxylic acids is 2. The molecule has 0 bridgehead atoms. The topological polar surface area (TPSA) is 61.9 Å². The second kappa shape index (κ2) is 10.0. The van der Waals surface area contributed by atoms with E-state index in [-0.39, 0.29) is 11.8 Å². The molecule has 2 amide bonds. The minimum absolute atomic E-state index is 0.147. The second-order valence-corrected chi connectivity index (χ2v) is 9.43. The van der Waals surface area contributed by atoms with Crippen LogP contribution in [0.1, 0.15) is 56.9 Å². The van der Waals surface area contributed by atoms with Gasteiger partial charge >= 0.3 is 0 Å². The molecule has 4 rings (SSSR count). The third kappa shape index (κ3) is 4.89. The van der Waals surface area contributed by atoms with E-state index in [2.05, 4.69) is 21.2 Å². The molecule has 0 aromatic heterocycles. The summed E-state index contributed by atoms with van der Waals surface area (Å²) in [5.41, 5.74) is 0.641. The van der Waals surface area contributed by atoms with Crippen molar-refractivity contribution in [2.45, 2.75) is 56.8 Å². The Kier molecular flexibility index (Phi) is 7.16. The highest BCUT2D eigenvalue weighted by atomic mass is 16.5. The molecule has 2 saturated carbocycles. The van der Waals surface area contributed by atoms with E-state index in [1.165, 1.54) is 12.8 Å². The van der Waals surface area contributed by atoms with Gasteiger partial charge in [0, 0.05) is 45.2 Å². The number of hydrogen-bond acceptors (Lipinski definition) is 4. The minimum atomic E-state index is -0.430. The molecule has 3 fully saturated rings. The molecular weight excluding hydrogens is 390 g/mol. The number of hydrogen-bond donors (Lipinski definition) is 1. The molecule has 1 aromatic rings. The lowest BCUT2D eigenvalue weighted by Crippen LogP contribution is -2.52. The molecule has 2 aliphatic carbocycles. The Hall–Kier alpha value is -2.08. The third-order valence-electron chi connectivity index (χ3n) is 7.62. The molecule has 0 spiro atoms. The lowest BCUT2D eigenvalue weighted by Gasteiger charge is -2.36. The van der Waals surface area contributed by atoms with Crippen molar-refractivity contribution in [1.82, 2.24) is 15.1 Å². The number of nitrogens with one attached hydrogen (secondary N) is 1. The van der Waals surface area contributed by atoms with E-state index < -0.39 is 5.41 Å². The van der Waals surface area contributed by atoms with E-state index in [1.807, 2.05) is 18.2 Å². The standard InChI is InChI=1S/C25H37N3O3/c1-31-22-10-6-9-21(19-22)25(11-4-5-12-25)24(30)26-13-14-27-15-17-28(18-16-27)23(29)20-7-2-3-8-20/h6,9-10,19-20H,2-5,7-8,11-18H2,1H3,(H,26,30). The Labute approximate surface area is 186 Å². The van der Waals surface area contributed by atoms with Gasteiger partial charge in [-0.2, -0.15) is 0 Å². The van der Waals surface area contributed by atoms with Crippen molar-refractivity contribution in [3.63, 3.8) is 0 Å². The molecule has 170 valence electrons. The van der Waals surface area contributed by atoms with Crippen molar-refractivity contribution in [1.29, 1.82) is 0 Å². The van der Waals surface area contributed by atoms with E-state index in [1.54, 1.807) is 7.11 Å². The van der Waals surface area contributed by atoms with Crippen molar-refractivity contribution in [2.75, 3.05) is 46.4 Å². The summed E-state index contributed by atoms with van der Waals surface area (Å²) in [6, 6.07) is 7.99. The summed E-state index contributed by atoms with van der Waals surface area (Å²) >= 11 is 0. The molecule has 1 aromatic carbocycles. The van der Waals surface area contributed by atoms with Crippen molar-refractivity contribution in [3.05, 3.63) is 29.8 Å². The van der Waals surface area contributed by atoms with Gasteiger partial charge in [0.15, 0.2) is 0 Å². The maximum Gasteiger partial charge on any atom is 0.230 e. The molecule has 0 radical (unpaired) electrons. The van der Waals surface area contributed by atoms with Gasteiger partial charge in [0.25, 0.3) is 0 Å². The number of benzene rings is 1. The van der Waals surface area contributed by atoms with Gasteiger partial charge in [0.1, 0.15) is 5.75 Å². The van der Waals surface area contributed by atoms with Crippen LogP contribution in [0.25, 0.3) is 0 Å². The highest BCUT2D eigenvalue weighted by Gasteiger charge is 2.42. The van der Waals surface area contributed by atoms with Crippen LogP contribution in [0, 0.1) is 5.92 Å². The van der Waals surface area contributed by atoms with Gasteiger partial charge in [0.2, 0.25) is 11.8 Å². The smallest absolute Gasteiger partial charge is 0.230 e. The summed E-state index contributed by atoms with van der Waals surface area (Å²) < 4.78 is 5.39. The van der Waals surface area contributed by atoms with Crippen LogP contribution in [0.2, 0.25) is 0 Å². The summed E-state index contributed by atoms with van der Waals surface area (Å²) in [5, 5.41) is 3.23. The predicted molar refractivity (Wildman–Crippen MR) is 121 cm³/mol. The van der Waals surface area contributed by atoms with Gasteiger partial charge in [-0.15, -0.1) is 0 Å². The van der Waals surface area contributed by atoms with Crippen LogP contribution >= 0.6 is 0 Å². The molecule has 6 nitrogen and oxygen atoms in total. The molecule has 0 atom stereocenters. The van der Waals surface area contributed by atoms with Crippen molar-refractivity contribution in [3.8, 4) is 5.75 Å². The number of methoxy groups -OCH3 is 1. The molecule has 1 saturated heterocycles. The van der Waals surface area contributed by atoms with Crippen molar-refractivity contribution >= 4 is 11.8 Å². The van der Waals surface area contributed by atoms with Crippen LogP contribution in [-0.2, 0) is 15.0 Å². The first-order valence-corrected chi connectivity index (χ1v) is 12.1. The fourth-order valence-corrected chi connectivity index (χ4v) is 5.67.